The smallest absolute Gasteiger partial charge is 0.133 e. The van der Waals surface area contributed by atoms with Crippen LogP contribution in [0.3, 0.4) is 0 Å². The number of hydrogen-bond donors (Lipinski definition) is 2. The van der Waals surface area contributed by atoms with E-state index in [1.165, 1.54) is 10.8 Å². The Kier molecular flexibility index (Phi) is 3.59. The largest absolute Gasteiger partial charge is 0.378 e. The summed E-state index contributed by atoms with van der Waals surface area (Å²) in [4.78, 5) is 5.04. The molecule has 0 unspecified atom stereocenters. The quantitative estimate of drug-likeness (QED) is 0.711. The van der Waals surface area contributed by atoms with Gasteiger partial charge in [-0.3, -0.25) is 5.43 Å². The summed E-state index contributed by atoms with van der Waals surface area (Å²) in [5, 5.41) is 1.49. The molecule has 1 heterocycles. The monoisotopic (exact) mass is 205 g/mol. The molecule has 0 fully saturated rings. The number of nitrogens with one attached hydrogen (secondary N) is 2. The van der Waals surface area contributed by atoms with Gasteiger partial charge in [0.2, 0.25) is 0 Å². The molecule has 0 spiro atoms. The van der Waals surface area contributed by atoms with Crippen LogP contribution in [0.4, 0.5) is 0 Å². The van der Waals surface area contributed by atoms with E-state index in [1.54, 1.807) is 12.5 Å². The predicted octanol–water partition coefficient (Wildman–Crippen LogP) is 1.35. The fourth-order valence-electron chi connectivity index (χ4n) is 1.42. The molecule has 0 aliphatic carbocycles. The maximum absolute atomic E-state index is 5.04. The summed E-state index contributed by atoms with van der Waals surface area (Å²) in [5.74, 6) is 0. The minimum atomic E-state index is 0.879. The van der Waals surface area contributed by atoms with Crippen LogP contribution in [-0.4, -0.2) is 11.8 Å². The van der Waals surface area contributed by atoms with E-state index < -0.39 is 0 Å². The van der Waals surface area contributed by atoms with Crippen LogP contribution in [0.2, 0.25) is 0 Å². The van der Waals surface area contributed by atoms with Crippen LogP contribution in [0.25, 0.3) is 0 Å². The average Bonchev–Trinajstić information content (AvgIpc) is 2.79. The topological polar surface area (TPSA) is 36.5 Å². The Morgan fingerprint density at radius 3 is 2.87 bits per heavy atom. The van der Waals surface area contributed by atoms with Crippen molar-refractivity contribution >= 4 is 0 Å². The maximum Gasteiger partial charge on any atom is 0.133 e. The van der Waals surface area contributed by atoms with Crippen molar-refractivity contribution < 1.29 is 4.84 Å². The Hall–Kier alpha value is -1.52. The highest BCUT2D eigenvalue weighted by Gasteiger charge is 2.04. The molecule has 2 rings (SSSR count). The summed E-state index contributed by atoms with van der Waals surface area (Å²) in [6, 6.07) is 10.5. The van der Waals surface area contributed by atoms with Crippen molar-refractivity contribution in [1.29, 1.82) is 0 Å². The first-order valence-electron chi connectivity index (χ1n) is 5.11. The van der Waals surface area contributed by atoms with Crippen molar-refractivity contribution in [3.63, 3.8) is 0 Å². The molecule has 80 valence electrons. The molecule has 0 amide bonds. The third-order valence-corrected chi connectivity index (χ3v) is 2.17. The number of benzene rings is 1. The molecule has 4 nitrogen and oxygen atoms in total. The summed E-state index contributed by atoms with van der Waals surface area (Å²) >= 11 is 0. The number of hydrogen-bond acceptors (Lipinski definition) is 4. The van der Waals surface area contributed by atoms with Crippen molar-refractivity contribution in [2.24, 2.45) is 0 Å². The van der Waals surface area contributed by atoms with Crippen molar-refractivity contribution in [2.75, 3.05) is 6.54 Å². The van der Waals surface area contributed by atoms with Gasteiger partial charge < -0.3 is 4.84 Å². The van der Waals surface area contributed by atoms with Crippen LogP contribution < -0.4 is 10.9 Å². The van der Waals surface area contributed by atoms with Gasteiger partial charge in [-0.05, 0) is 18.4 Å². The first-order chi connectivity index (χ1) is 7.45. The molecule has 1 aromatic carbocycles. The van der Waals surface area contributed by atoms with E-state index in [-0.39, 0.29) is 0 Å². The van der Waals surface area contributed by atoms with Gasteiger partial charge >= 0.3 is 0 Å². The van der Waals surface area contributed by atoms with Crippen LogP contribution >= 0.6 is 0 Å². The van der Waals surface area contributed by atoms with E-state index in [0.29, 0.717) is 0 Å². The van der Waals surface area contributed by atoms with Crippen molar-refractivity contribution in [1.82, 2.24) is 16.1 Å². The molecule has 0 saturated heterocycles. The first kappa shape index (κ1) is 10.0. The third-order valence-electron chi connectivity index (χ3n) is 2.17. The highest BCUT2D eigenvalue weighted by Crippen LogP contribution is 2.01. The van der Waals surface area contributed by atoms with E-state index in [1.807, 2.05) is 6.07 Å². The standard InChI is InChI=1S/C11H15N3O/c1-2-5-11(6-3-1)7-4-8-12-14-13-9-10-15-14/h1-3,5-6,9-10,12-13H,4,7-8H2. The van der Waals surface area contributed by atoms with E-state index in [4.69, 9.17) is 4.84 Å². The van der Waals surface area contributed by atoms with Gasteiger partial charge in [0.05, 0.1) is 6.20 Å². The Balaban J connectivity index is 1.59. The summed E-state index contributed by atoms with van der Waals surface area (Å²) in [6.07, 6.45) is 5.47. The molecule has 2 N–H and O–H groups in total. The maximum atomic E-state index is 5.04. The highest BCUT2D eigenvalue weighted by atomic mass is 16.7. The molecule has 1 aliphatic rings. The minimum absolute atomic E-state index is 0.879. The van der Waals surface area contributed by atoms with Gasteiger partial charge in [0.25, 0.3) is 0 Å². The molecule has 0 radical (unpaired) electrons. The molecule has 15 heavy (non-hydrogen) atoms. The molecular weight excluding hydrogens is 190 g/mol. The number of rotatable bonds is 5. The molecular formula is C11H15N3O. The van der Waals surface area contributed by atoms with Gasteiger partial charge in [-0.1, -0.05) is 30.3 Å². The number of aryl methyl sites for hydroxylation is 1. The Morgan fingerprint density at radius 2 is 2.13 bits per heavy atom. The van der Waals surface area contributed by atoms with E-state index in [9.17, 15) is 0 Å². The molecule has 0 atom stereocenters. The third kappa shape index (κ3) is 3.27. The Labute approximate surface area is 89.4 Å². The lowest BCUT2D eigenvalue weighted by Gasteiger charge is -2.14. The van der Waals surface area contributed by atoms with Crippen LogP contribution in [0.5, 0.6) is 0 Å². The van der Waals surface area contributed by atoms with Crippen LogP contribution in [0, 0.1) is 0 Å². The Morgan fingerprint density at radius 1 is 1.27 bits per heavy atom. The van der Waals surface area contributed by atoms with Gasteiger partial charge in [0.1, 0.15) is 6.26 Å². The number of nitrogens with zero attached hydrogens (tertiary/aromatic N) is 1. The molecule has 0 aromatic heterocycles. The van der Waals surface area contributed by atoms with Crippen molar-refractivity contribution in [3.8, 4) is 0 Å². The summed E-state index contributed by atoms with van der Waals surface area (Å²) in [5.41, 5.74) is 7.33. The molecule has 0 bridgehead atoms. The van der Waals surface area contributed by atoms with Gasteiger partial charge in [-0.15, -0.1) is 0 Å². The van der Waals surface area contributed by atoms with Gasteiger partial charge in [0, 0.05) is 11.8 Å². The van der Waals surface area contributed by atoms with Crippen LogP contribution in [0.15, 0.2) is 42.8 Å². The van der Waals surface area contributed by atoms with Gasteiger partial charge in [-0.25, -0.2) is 5.43 Å². The van der Waals surface area contributed by atoms with Crippen molar-refractivity contribution in [2.45, 2.75) is 12.8 Å². The normalized spacial score (nSPS) is 14.9. The Bertz CT molecular complexity index is 305. The molecule has 1 aromatic rings. The highest BCUT2D eigenvalue weighted by molar-refractivity contribution is 5.14. The van der Waals surface area contributed by atoms with E-state index >= 15 is 0 Å². The molecule has 4 heteroatoms. The summed E-state index contributed by atoms with van der Waals surface area (Å²) in [6.45, 7) is 0.879. The fourth-order valence-corrected chi connectivity index (χ4v) is 1.42. The van der Waals surface area contributed by atoms with Crippen molar-refractivity contribution in [3.05, 3.63) is 48.4 Å². The van der Waals surface area contributed by atoms with E-state index in [2.05, 4.69) is 35.1 Å². The molecule has 0 saturated carbocycles. The average molecular weight is 205 g/mol. The second-order valence-electron chi connectivity index (χ2n) is 3.33. The summed E-state index contributed by atoms with van der Waals surface area (Å²) in [7, 11) is 0. The lowest BCUT2D eigenvalue weighted by molar-refractivity contribution is -0.157. The second kappa shape index (κ2) is 5.38. The fraction of sp³-hybridized carbons (Fsp3) is 0.273. The van der Waals surface area contributed by atoms with Crippen LogP contribution in [-0.2, 0) is 11.3 Å². The van der Waals surface area contributed by atoms with E-state index in [0.717, 1.165) is 19.4 Å². The lowest BCUT2D eigenvalue weighted by atomic mass is 10.1. The second-order valence-corrected chi connectivity index (χ2v) is 3.33. The number of hydrazine groups is 2. The SMILES string of the molecule is C1=CON(NCCCc2ccccc2)N1. The zero-order valence-electron chi connectivity index (χ0n) is 8.52. The first-order valence-corrected chi connectivity index (χ1v) is 5.11. The van der Waals surface area contributed by atoms with Gasteiger partial charge in [0.15, 0.2) is 0 Å². The van der Waals surface area contributed by atoms with Gasteiger partial charge in [-0.2, -0.15) is 0 Å². The summed E-state index contributed by atoms with van der Waals surface area (Å²) < 4.78 is 0. The van der Waals surface area contributed by atoms with Crippen LogP contribution in [0.1, 0.15) is 12.0 Å². The molecule has 1 aliphatic heterocycles. The lowest BCUT2D eigenvalue weighted by Crippen LogP contribution is -2.42. The zero-order chi connectivity index (χ0) is 10.3. The predicted molar refractivity (Wildman–Crippen MR) is 58.0 cm³/mol. The zero-order valence-corrected chi connectivity index (χ0v) is 8.52. The minimum Gasteiger partial charge on any atom is -0.378 e.